The van der Waals surface area contributed by atoms with Gasteiger partial charge in [-0.15, -0.1) is 0 Å². The molecule has 1 aliphatic rings. The third-order valence-corrected chi connectivity index (χ3v) is 4.23. The zero-order valence-electron chi connectivity index (χ0n) is 12.0. The van der Waals surface area contributed by atoms with E-state index in [-0.39, 0.29) is 0 Å². The highest BCUT2D eigenvalue weighted by atomic mass is 16.5. The number of fused-ring (bicyclic) bond motifs is 1. The molecule has 0 radical (unpaired) electrons. The minimum Gasteiger partial charge on any atom is -0.381 e. The lowest BCUT2D eigenvalue weighted by atomic mass is 9.93. The van der Waals surface area contributed by atoms with Crippen molar-refractivity contribution in [1.82, 2.24) is 10.3 Å². The van der Waals surface area contributed by atoms with Gasteiger partial charge >= 0.3 is 0 Å². The summed E-state index contributed by atoms with van der Waals surface area (Å²) in [6, 6.07) is 13.1. The Morgan fingerprint density at radius 1 is 1.20 bits per heavy atom. The first kappa shape index (κ1) is 13.5. The fourth-order valence-electron chi connectivity index (χ4n) is 2.85. The molecule has 3 rings (SSSR count). The van der Waals surface area contributed by atoms with E-state index in [1.807, 2.05) is 6.07 Å². The Morgan fingerprint density at radius 2 is 2.00 bits per heavy atom. The van der Waals surface area contributed by atoms with Gasteiger partial charge in [0.05, 0.1) is 11.2 Å². The molecular weight excluding hydrogens is 248 g/mol. The minimum atomic E-state index is 0.521. The molecule has 1 N–H and O–H groups in total. The van der Waals surface area contributed by atoms with Crippen molar-refractivity contribution in [3.63, 3.8) is 0 Å². The first-order valence-corrected chi connectivity index (χ1v) is 7.49. The van der Waals surface area contributed by atoms with Crippen LogP contribution in [0.1, 0.15) is 25.5 Å². The average Bonchev–Trinajstić information content (AvgIpc) is 2.53. The summed E-state index contributed by atoms with van der Waals surface area (Å²) >= 11 is 0. The van der Waals surface area contributed by atoms with Gasteiger partial charge in [0.1, 0.15) is 0 Å². The SMILES string of the molecule is CC(NCc1ccc2ccccc2n1)C1CCOCC1. The summed E-state index contributed by atoms with van der Waals surface area (Å²) in [6.07, 6.45) is 2.33. The Bertz CT molecular complexity index is 564. The van der Waals surface area contributed by atoms with Gasteiger partial charge in [-0.1, -0.05) is 24.3 Å². The highest BCUT2D eigenvalue weighted by molar-refractivity contribution is 5.78. The lowest BCUT2D eigenvalue weighted by Crippen LogP contribution is -2.36. The number of para-hydroxylation sites is 1. The van der Waals surface area contributed by atoms with Crippen LogP contribution in [0.4, 0.5) is 0 Å². The number of hydrogen-bond acceptors (Lipinski definition) is 3. The quantitative estimate of drug-likeness (QED) is 0.926. The molecule has 2 heterocycles. The second-order valence-electron chi connectivity index (χ2n) is 5.61. The molecule has 1 aromatic carbocycles. The fourth-order valence-corrected chi connectivity index (χ4v) is 2.85. The molecule has 1 fully saturated rings. The lowest BCUT2D eigenvalue weighted by molar-refractivity contribution is 0.0557. The second-order valence-corrected chi connectivity index (χ2v) is 5.61. The molecule has 0 bridgehead atoms. The van der Waals surface area contributed by atoms with Crippen LogP contribution in [-0.2, 0) is 11.3 Å². The normalized spacial score (nSPS) is 18.2. The van der Waals surface area contributed by atoms with E-state index in [0.29, 0.717) is 6.04 Å². The van der Waals surface area contributed by atoms with Crippen molar-refractivity contribution in [1.29, 1.82) is 0 Å². The Kier molecular flexibility index (Phi) is 4.28. The summed E-state index contributed by atoms with van der Waals surface area (Å²) in [4.78, 5) is 4.71. The van der Waals surface area contributed by atoms with Crippen LogP contribution < -0.4 is 5.32 Å². The van der Waals surface area contributed by atoms with Crippen molar-refractivity contribution in [3.8, 4) is 0 Å². The predicted molar refractivity (Wildman–Crippen MR) is 81.6 cm³/mol. The van der Waals surface area contributed by atoms with Crippen LogP contribution in [0.3, 0.4) is 0 Å². The number of rotatable bonds is 4. The number of ether oxygens (including phenoxy) is 1. The second kappa shape index (κ2) is 6.33. The van der Waals surface area contributed by atoms with E-state index < -0.39 is 0 Å². The summed E-state index contributed by atoms with van der Waals surface area (Å²) in [5.74, 6) is 0.726. The average molecular weight is 270 g/mol. The van der Waals surface area contributed by atoms with Crippen molar-refractivity contribution >= 4 is 10.9 Å². The first-order valence-electron chi connectivity index (χ1n) is 7.49. The Morgan fingerprint density at radius 3 is 2.85 bits per heavy atom. The van der Waals surface area contributed by atoms with E-state index in [2.05, 4.69) is 42.6 Å². The van der Waals surface area contributed by atoms with Crippen molar-refractivity contribution in [3.05, 3.63) is 42.1 Å². The van der Waals surface area contributed by atoms with Crippen molar-refractivity contribution in [2.75, 3.05) is 13.2 Å². The number of aromatic nitrogens is 1. The molecule has 0 amide bonds. The van der Waals surface area contributed by atoms with Crippen LogP contribution in [-0.4, -0.2) is 24.2 Å². The smallest absolute Gasteiger partial charge is 0.0705 e. The molecule has 0 aliphatic carbocycles. The number of benzene rings is 1. The maximum absolute atomic E-state index is 5.42. The topological polar surface area (TPSA) is 34.2 Å². The van der Waals surface area contributed by atoms with Crippen LogP contribution in [0.5, 0.6) is 0 Å². The molecule has 1 aromatic heterocycles. The standard InChI is InChI=1S/C17H22N2O/c1-13(14-8-10-20-11-9-14)18-12-16-7-6-15-4-2-3-5-17(15)19-16/h2-7,13-14,18H,8-12H2,1H3. The van der Waals surface area contributed by atoms with Gasteiger partial charge in [-0.05, 0) is 37.8 Å². The lowest BCUT2D eigenvalue weighted by Gasteiger charge is -2.28. The Balaban J connectivity index is 1.61. The van der Waals surface area contributed by atoms with E-state index in [0.717, 1.165) is 36.9 Å². The minimum absolute atomic E-state index is 0.521. The number of hydrogen-bond donors (Lipinski definition) is 1. The molecule has 2 aromatic rings. The predicted octanol–water partition coefficient (Wildman–Crippen LogP) is 3.14. The molecule has 106 valence electrons. The maximum Gasteiger partial charge on any atom is 0.0705 e. The third kappa shape index (κ3) is 3.17. The molecule has 1 unspecified atom stereocenters. The summed E-state index contributed by atoms with van der Waals surface area (Å²) in [7, 11) is 0. The van der Waals surface area contributed by atoms with Crippen LogP contribution in [0, 0.1) is 5.92 Å². The largest absolute Gasteiger partial charge is 0.381 e. The molecule has 1 saturated heterocycles. The van der Waals surface area contributed by atoms with E-state index in [4.69, 9.17) is 9.72 Å². The van der Waals surface area contributed by atoms with Crippen molar-refractivity contribution in [2.24, 2.45) is 5.92 Å². The van der Waals surface area contributed by atoms with E-state index >= 15 is 0 Å². The van der Waals surface area contributed by atoms with Gasteiger partial charge in [-0.2, -0.15) is 0 Å². The number of nitrogens with one attached hydrogen (secondary N) is 1. The van der Waals surface area contributed by atoms with E-state index in [9.17, 15) is 0 Å². The zero-order valence-corrected chi connectivity index (χ0v) is 12.0. The first-order chi connectivity index (χ1) is 9.83. The van der Waals surface area contributed by atoms with Crippen LogP contribution in [0.25, 0.3) is 10.9 Å². The number of pyridine rings is 1. The van der Waals surface area contributed by atoms with Gasteiger partial charge in [0.2, 0.25) is 0 Å². The molecule has 0 saturated carbocycles. The number of nitrogens with zero attached hydrogens (tertiary/aromatic N) is 1. The van der Waals surface area contributed by atoms with E-state index in [1.165, 1.54) is 18.2 Å². The fraction of sp³-hybridized carbons (Fsp3) is 0.471. The molecule has 1 atom stereocenters. The summed E-state index contributed by atoms with van der Waals surface area (Å²) in [5, 5.41) is 4.82. The van der Waals surface area contributed by atoms with Crippen molar-refractivity contribution < 1.29 is 4.74 Å². The van der Waals surface area contributed by atoms with Gasteiger partial charge in [0.15, 0.2) is 0 Å². The maximum atomic E-state index is 5.42. The summed E-state index contributed by atoms with van der Waals surface area (Å²) < 4.78 is 5.42. The van der Waals surface area contributed by atoms with Gasteiger partial charge < -0.3 is 10.1 Å². The van der Waals surface area contributed by atoms with Crippen LogP contribution >= 0.6 is 0 Å². The van der Waals surface area contributed by atoms with E-state index in [1.54, 1.807) is 0 Å². The monoisotopic (exact) mass is 270 g/mol. The van der Waals surface area contributed by atoms with Crippen LogP contribution in [0.2, 0.25) is 0 Å². The molecule has 20 heavy (non-hydrogen) atoms. The Labute approximate surface area is 120 Å². The van der Waals surface area contributed by atoms with Crippen LogP contribution in [0.15, 0.2) is 36.4 Å². The molecule has 0 spiro atoms. The molecule has 3 nitrogen and oxygen atoms in total. The van der Waals surface area contributed by atoms with Gasteiger partial charge in [-0.3, -0.25) is 4.98 Å². The van der Waals surface area contributed by atoms with Gasteiger partial charge in [0, 0.05) is 31.2 Å². The van der Waals surface area contributed by atoms with Crippen molar-refractivity contribution in [2.45, 2.75) is 32.4 Å². The van der Waals surface area contributed by atoms with Gasteiger partial charge in [-0.25, -0.2) is 0 Å². The highest BCUT2D eigenvalue weighted by Crippen LogP contribution is 2.19. The highest BCUT2D eigenvalue weighted by Gasteiger charge is 2.19. The zero-order chi connectivity index (χ0) is 13.8. The molecule has 3 heteroatoms. The summed E-state index contributed by atoms with van der Waals surface area (Å²) in [5.41, 5.74) is 2.19. The molecular formula is C17H22N2O. The van der Waals surface area contributed by atoms with Gasteiger partial charge in [0.25, 0.3) is 0 Å². The Hall–Kier alpha value is -1.45. The molecule has 1 aliphatic heterocycles. The summed E-state index contributed by atoms with van der Waals surface area (Å²) in [6.45, 7) is 4.93. The third-order valence-electron chi connectivity index (χ3n) is 4.23.